The molecule has 2 atom stereocenters. The fraction of sp³-hybridized carbons (Fsp3) is 0.417. The van der Waals surface area contributed by atoms with Gasteiger partial charge in [0.15, 0.2) is 0 Å². The molecule has 0 unspecified atom stereocenters. The lowest BCUT2D eigenvalue weighted by molar-refractivity contribution is 0.582. The maximum Gasteiger partial charge on any atom is 0.0940 e. The lowest BCUT2D eigenvalue weighted by atomic mass is 10.2. The zero-order valence-electron chi connectivity index (χ0n) is 8.89. The summed E-state index contributed by atoms with van der Waals surface area (Å²) in [4.78, 5) is 6.95. The topological polar surface area (TPSA) is 28.2 Å². The first-order valence-corrected chi connectivity index (χ1v) is 6.56. The van der Waals surface area contributed by atoms with Crippen LogP contribution in [-0.4, -0.2) is 30.2 Å². The molecule has 2 aliphatic rings. The van der Waals surface area contributed by atoms with Gasteiger partial charge in [-0.2, -0.15) is 0 Å². The number of hydrogen-bond acceptors (Lipinski definition) is 4. The number of fused-ring (bicyclic) bond motifs is 3. The van der Waals surface area contributed by atoms with Gasteiger partial charge < -0.3 is 10.2 Å². The molecule has 4 heteroatoms. The van der Waals surface area contributed by atoms with Gasteiger partial charge in [0.1, 0.15) is 0 Å². The van der Waals surface area contributed by atoms with E-state index in [1.165, 1.54) is 16.1 Å². The van der Waals surface area contributed by atoms with Crippen LogP contribution < -0.4 is 10.2 Å². The average molecular weight is 231 g/mol. The second-order valence-corrected chi connectivity index (χ2v) is 5.68. The van der Waals surface area contributed by atoms with Gasteiger partial charge >= 0.3 is 0 Å². The fourth-order valence-corrected chi connectivity index (χ4v) is 3.93. The maximum atomic E-state index is 4.40. The van der Waals surface area contributed by atoms with E-state index in [2.05, 4.69) is 27.3 Å². The third-order valence-corrected chi connectivity index (χ3v) is 4.74. The SMILES string of the molecule is c1cnc2cc(N3C[C@@H]4C[C@@H]3CN4)sc2c1. The van der Waals surface area contributed by atoms with Gasteiger partial charge in [-0.1, -0.05) is 0 Å². The standard InChI is InChI=1S/C12H13N3S/c1-2-11-10(13-3-1)5-12(16-11)15-7-8-4-9(15)6-14-8/h1-3,5,8-9,14H,4,6-7H2/t8-,9+/m0/s1. The zero-order valence-corrected chi connectivity index (χ0v) is 9.70. The molecule has 4 heterocycles. The number of pyridine rings is 1. The number of aromatic nitrogens is 1. The van der Waals surface area contributed by atoms with Gasteiger partial charge in [0.05, 0.1) is 15.2 Å². The third kappa shape index (κ3) is 1.20. The van der Waals surface area contributed by atoms with Crippen molar-refractivity contribution in [1.29, 1.82) is 0 Å². The highest BCUT2D eigenvalue weighted by molar-refractivity contribution is 7.22. The highest BCUT2D eigenvalue weighted by Crippen LogP contribution is 2.36. The first-order valence-electron chi connectivity index (χ1n) is 5.75. The summed E-state index contributed by atoms with van der Waals surface area (Å²) in [5.41, 5.74) is 1.14. The minimum atomic E-state index is 0.707. The maximum absolute atomic E-state index is 4.40. The Kier molecular flexibility index (Phi) is 1.78. The Morgan fingerprint density at radius 3 is 3.25 bits per heavy atom. The van der Waals surface area contributed by atoms with E-state index in [9.17, 15) is 0 Å². The molecule has 0 aromatic carbocycles. The van der Waals surface area contributed by atoms with E-state index >= 15 is 0 Å². The van der Waals surface area contributed by atoms with E-state index in [0.29, 0.717) is 12.1 Å². The summed E-state index contributed by atoms with van der Waals surface area (Å²) in [5.74, 6) is 0. The summed E-state index contributed by atoms with van der Waals surface area (Å²) < 4.78 is 1.30. The van der Waals surface area contributed by atoms with Crippen molar-refractivity contribution in [2.24, 2.45) is 0 Å². The average Bonchev–Trinajstić information content (AvgIpc) is 3.02. The van der Waals surface area contributed by atoms with Crippen molar-refractivity contribution in [2.75, 3.05) is 18.0 Å². The normalized spacial score (nSPS) is 28.1. The van der Waals surface area contributed by atoms with Gasteiger partial charge in [0.2, 0.25) is 0 Å². The fourth-order valence-electron chi connectivity index (χ4n) is 2.83. The molecule has 2 aliphatic heterocycles. The predicted molar refractivity (Wildman–Crippen MR) is 67.2 cm³/mol. The number of nitrogens with one attached hydrogen (secondary N) is 1. The lowest BCUT2D eigenvalue weighted by Gasteiger charge is -2.27. The van der Waals surface area contributed by atoms with Crippen LogP contribution in [0.25, 0.3) is 10.2 Å². The highest BCUT2D eigenvalue weighted by Gasteiger charge is 2.38. The Morgan fingerprint density at radius 1 is 1.50 bits per heavy atom. The van der Waals surface area contributed by atoms with E-state index in [1.54, 1.807) is 0 Å². The molecule has 0 spiro atoms. The largest absolute Gasteiger partial charge is 0.357 e. The minimum absolute atomic E-state index is 0.707. The van der Waals surface area contributed by atoms with Crippen molar-refractivity contribution in [3.63, 3.8) is 0 Å². The van der Waals surface area contributed by atoms with Crippen LogP contribution in [0.4, 0.5) is 5.00 Å². The van der Waals surface area contributed by atoms with Crippen LogP contribution in [0, 0.1) is 0 Å². The number of anilines is 1. The Bertz CT molecular complexity index is 503. The molecule has 0 saturated carbocycles. The Labute approximate surface area is 98.1 Å². The van der Waals surface area contributed by atoms with Crippen LogP contribution in [0.1, 0.15) is 6.42 Å². The predicted octanol–water partition coefficient (Wildman–Crippen LogP) is 1.85. The first kappa shape index (κ1) is 8.96. The molecule has 4 rings (SSSR count). The van der Waals surface area contributed by atoms with Gasteiger partial charge in [-0.3, -0.25) is 4.98 Å². The van der Waals surface area contributed by atoms with Crippen LogP contribution in [-0.2, 0) is 0 Å². The van der Waals surface area contributed by atoms with Crippen LogP contribution >= 0.6 is 11.3 Å². The molecular weight excluding hydrogens is 218 g/mol. The van der Waals surface area contributed by atoms with E-state index in [4.69, 9.17) is 0 Å². The smallest absolute Gasteiger partial charge is 0.0940 e. The first-order chi connectivity index (χ1) is 7.90. The lowest BCUT2D eigenvalue weighted by Crippen LogP contribution is -2.43. The highest BCUT2D eigenvalue weighted by atomic mass is 32.1. The number of nitrogens with zero attached hydrogens (tertiary/aromatic N) is 2. The molecule has 3 nitrogen and oxygen atoms in total. The Balaban J connectivity index is 1.76. The summed E-state index contributed by atoms with van der Waals surface area (Å²) in [7, 11) is 0. The summed E-state index contributed by atoms with van der Waals surface area (Å²) >= 11 is 1.87. The minimum Gasteiger partial charge on any atom is -0.357 e. The second-order valence-electron chi connectivity index (χ2n) is 4.62. The molecule has 0 radical (unpaired) electrons. The van der Waals surface area contributed by atoms with E-state index < -0.39 is 0 Å². The Hall–Kier alpha value is -1.13. The molecule has 2 fully saturated rings. The van der Waals surface area contributed by atoms with Crippen LogP contribution in [0.2, 0.25) is 0 Å². The van der Waals surface area contributed by atoms with Crippen LogP contribution in [0.5, 0.6) is 0 Å². The van der Waals surface area contributed by atoms with E-state index in [1.807, 2.05) is 23.6 Å². The monoisotopic (exact) mass is 231 g/mol. The number of thiophene rings is 1. The summed E-state index contributed by atoms with van der Waals surface area (Å²) in [5, 5.41) is 4.93. The second kappa shape index (κ2) is 3.18. The van der Waals surface area contributed by atoms with E-state index in [0.717, 1.165) is 18.6 Å². The number of piperazine rings is 1. The van der Waals surface area contributed by atoms with Gasteiger partial charge in [-0.05, 0) is 24.6 Å². The summed E-state index contributed by atoms with van der Waals surface area (Å²) in [6, 6.07) is 7.82. The molecule has 0 aliphatic carbocycles. The van der Waals surface area contributed by atoms with Gasteiger partial charge in [-0.25, -0.2) is 0 Å². The van der Waals surface area contributed by atoms with Crippen molar-refractivity contribution in [2.45, 2.75) is 18.5 Å². The quantitative estimate of drug-likeness (QED) is 0.812. The number of hydrogen-bond donors (Lipinski definition) is 1. The summed E-state index contributed by atoms with van der Waals surface area (Å²) in [6.45, 7) is 2.31. The molecule has 2 aromatic rings. The van der Waals surface area contributed by atoms with Crippen LogP contribution in [0.3, 0.4) is 0 Å². The zero-order chi connectivity index (χ0) is 10.5. The summed E-state index contributed by atoms with van der Waals surface area (Å²) in [6.07, 6.45) is 3.18. The molecule has 2 aromatic heterocycles. The van der Waals surface area contributed by atoms with Crippen molar-refractivity contribution < 1.29 is 0 Å². The number of rotatable bonds is 1. The Morgan fingerprint density at radius 2 is 2.50 bits per heavy atom. The van der Waals surface area contributed by atoms with Crippen molar-refractivity contribution in [3.05, 3.63) is 24.4 Å². The molecule has 0 amide bonds. The molecule has 2 bridgehead atoms. The van der Waals surface area contributed by atoms with Gasteiger partial charge in [0.25, 0.3) is 0 Å². The molecular formula is C12H13N3S. The van der Waals surface area contributed by atoms with Crippen molar-refractivity contribution in [1.82, 2.24) is 10.3 Å². The van der Waals surface area contributed by atoms with Gasteiger partial charge in [0, 0.05) is 31.4 Å². The van der Waals surface area contributed by atoms with Crippen molar-refractivity contribution >= 4 is 26.6 Å². The molecule has 82 valence electrons. The molecule has 1 N–H and O–H groups in total. The third-order valence-electron chi connectivity index (χ3n) is 3.61. The van der Waals surface area contributed by atoms with E-state index in [-0.39, 0.29) is 0 Å². The molecule has 2 saturated heterocycles. The van der Waals surface area contributed by atoms with Crippen LogP contribution in [0.15, 0.2) is 24.4 Å². The van der Waals surface area contributed by atoms with Crippen molar-refractivity contribution in [3.8, 4) is 0 Å². The van der Waals surface area contributed by atoms with Gasteiger partial charge in [-0.15, -0.1) is 11.3 Å². The molecule has 16 heavy (non-hydrogen) atoms.